The van der Waals surface area contributed by atoms with Crippen molar-refractivity contribution in [3.8, 4) is 0 Å². The molecule has 32 heavy (non-hydrogen) atoms. The molecule has 2 heterocycles. The van der Waals surface area contributed by atoms with Gasteiger partial charge in [-0.25, -0.2) is 4.79 Å². The van der Waals surface area contributed by atoms with Crippen molar-refractivity contribution in [1.29, 1.82) is 0 Å². The van der Waals surface area contributed by atoms with Gasteiger partial charge >= 0.3 is 5.97 Å². The molecule has 3 aromatic rings. The highest BCUT2D eigenvalue weighted by Crippen LogP contribution is 2.29. The first-order valence-corrected chi connectivity index (χ1v) is 11.2. The normalized spacial score (nSPS) is 14.6. The molecular formula is C25H26ClN3O3. The molecule has 1 aliphatic rings. The molecule has 1 aromatic heterocycles. The minimum atomic E-state index is -0.977. The van der Waals surface area contributed by atoms with Gasteiger partial charge in [-0.05, 0) is 44.2 Å². The second-order valence-electron chi connectivity index (χ2n) is 8.00. The summed E-state index contributed by atoms with van der Waals surface area (Å²) in [5.41, 5.74) is 4.43. The molecule has 166 valence electrons. The summed E-state index contributed by atoms with van der Waals surface area (Å²) in [5.74, 6) is -0.922. The molecule has 1 atom stereocenters. The van der Waals surface area contributed by atoms with E-state index in [2.05, 4.69) is 17.1 Å². The zero-order valence-corrected chi connectivity index (χ0v) is 19.2. The zero-order valence-electron chi connectivity index (χ0n) is 18.4. The van der Waals surface area contributed by atoms with Crippen LogP contribution in [0.4, 0.5) is 5.69 Å². The maximum atomic E-state index is 13.3. The summed E-state index contributed by atoms with van der Waals surface area (Å²) in [6.07, 6.45) is -0.201. The number of esters is 1. The molecule has 0 aliphatic carbocycles. The molecule has 0 fully saturated rings. The van der Waals surface area contributed by atoms with E-state index < -0.39 is 18.0 Å². The fraction of sp³-hybridized carbons (Fsp3) is 0.320. The monoisotopic (exact) mass is 451 g/mol. The third-order valence-corrected chi connectivity index (χ3v) is 6.36. The number of carbonyl (C=O) groups is 2. The summed E-state index contributed by atoms with van der Waals surface area (Å²) < 4.78 is 5.65. The van der Waals surface area contributed by atoms with Crippen LogP contribution in [0, 0.1) is 6.92 Å². The number of aromatic nitrogens is 1. The summed E-state index contributed by atoms with van der Waals surface area (Å²) in [6.45, 7) is 7.92. The average molecular weight is 452 g/mol. The van der Waals surface area contributed by atoms with Crippen LogP contribution in [0.3, 0.4) is 0 Å². The standard InChI is InChI=1S/C25H26ClN3O3/c1-4-29-13-12-22-18(14-29)23(17-8-5-6-10-21(17)27-22)25(31)32-16(3)24(30)28-20-11-7-9-19(26)15(20)2/h5-11,16H,4,12-14H2,1-3H3,(H,28,30). The first-order valence-electron chi connectivity index (χ1n) is 10.8. The van der Waals surface area contributed by atoms with Crippen molar-refractivity contribution < 1.29 is 14.3 Å². The molecule has 7 heteroatoms. The summed E-state index contributed by atoms with van der Waals surface area (Å²) >= 11 is 6.14. The van der Waals surface area contributed by atoms with E-state index in [1.54, 1.807) is 25.1 Å². The van der Waals surface area contributed by atoms with Crippen molar-refractivity contribution in [2.45, 2.75) is 39.8 Å². The van der Waals surface area contributed by atoms with E-state index >= 15 is 0 Å². The highest BCUT2D eigenvalue weighted by Gasteiger charge is 2.28. The number of halogens is 1. The number of para-hydroxylation sites is 1. The Balaban J connectivity index is 1.62. The van der Waals surface area contributed by atoms with Crippen LogP contribution in [0.2, 0.25) is 5.02 Å². The van der Waals surface area contributed by atoms with Crippen LogP contribution in [0.1, 0.15) is 41.0 Å². The number of ether oxygens (including phenoxy) is 1. The lowest BCUT2D eigenvalue weighted by molar-refractivity contribution is -0.123. The van der Waals surface area contributed by atoms with Gasteiger partial charge in [0.2, 0.25) is 0 Å². The van der Waals surface area contributed by atoms with Gasteiger partial charge in [0.15, 0.2) is 6.10 Å². The molecule has 0 spiro atoms. The van der Waals surface area contributed by atoms with E-state index in [9.17, 15) is 9.59 Å². The molecule has 0 saturated carbocycles. The Morgan fingerprint density at radius 1 is 1.22 bits per heavy atom. The highest BCUT2D eigenvalue weighted by molar-refractivity contribution is 6.31. The molecule has 1 N–H and O–H groups in total. The first kappa shape index (κ1) is 22.2. The van der Waals surface area contributed by atoms with Crippen molar-refractivity contribution in [3.63, 3.8) is 0 Å². The number of hydrogen-bond donors (Lipinski definition) is 1. The van der Waals surface area contributed by atoms with Gasteiger partial charge in [0.1, 0.15) is 0 Å². The van der Waals surface area contributed by atoms with E-state index in [0.29, 0.717) is 22.8 Å². The minimum Gasteiger partial charge on any atom is -0.449 e. The van der Waals surface area contributed by atoms with Crippen molar-refractivity contribution in [3.05, 3.63) is 69.9 Å². The molecule has 6 nitrogen and oxygen atoms in total. The fourth-order valence-corrected chi connectivity index (χ4v) is 4.17. The molecule has 0 bridgehead atoms. The van der Waals surface area contributed by atoms with Crippen molar-refractivity contribution >= 4 is 40.1 Å². The molecule has 0 radical (unpaired) electrons. The highest BCUT2D eigenvalue weighted by atomic mass is 35.5. The Hall–Kier alpha value is -2.96. The van der Waals surface area contributed by atoms with Gasteiger partial charge in [0, 0.05) is 46.9 Å². The Labute approximate surface area is 192 Å². The molecule has 0 saturated heterocycles. The molecule has 1 amide bonds. The Kier molecular flexibility index (Phi) is 6.44. The topological polar surface area (TPSA) is 71.5 Å². The average Bonchev–Trinajstić information content (AvgIpc) is 2.79. The van der Waals surface area contributed by atoms with Crippen LogP contribution < -0.4 is 5.32 Å². The second-order valence-corrected chi connectivity index (χ2v) is 8.40. The predicted molar refractivity (Wildman–Crippen MR) is 126 cm³/mol. The van der Waals surface area contributed by atoms with E-state index in [0.717, 1.165) is 47.2 Å². The first-order chi connectivity index (χ1) is 15.4. The minimum absolute atomic E-state index is 0.411. The van der Waals surface area contributed by atoms with Crippen LogP contribution in [0.25, 0.3) is 10.9 Å². The number of anilines is 1. The van der Waals surface area contributed by atoms with Gasteiger partial charge in [0.05, 0.1) is 11.1 Å². The Bertz CT molecular complexity index is 1190. The lowest BCUT2D eigenvalue weighted by Gasteiger charge is -2.29. The summed E-state index contributed by atoms with van der Waals surface area (Å²) in [4.78, 5) is 33.1. The van der Waals surface area contributed by atoms with Gasteiger partial charge < -0.3 is 10.1 Å². The SMILES string of the molecule is CCN1CCc2nc3ccccc3c(C(=O)OC(C)C(=O)Nc3cccc(Cl)c3C)c2C1. The van der Waals surface area contributed by atoms with Crippen LogP contribution in [0.5, 0.6) is 0 Å². The molecule has 1 aliphatic heterocycles. The Morgan fingerprint density at radius 2 is 2.00 bits per heavy atom. The van der Waals surface area contributed by atoms with Crippen molar-refractivity contribution in [1.82, 2.24) is 9.88 Å². The quantitative estimate of drug-likeness (QED) is 0.566. The third-order valence-electron chi connectivity index (χ3n) is 5.96. The molecular weight excluding hydrogens is 426 g/mol. The number of nitrogens with one attached hydrogen (secondary N) is 1. The third kappa shape index (κ3) is 4.33. The van der Waals surface area contributed by atoms with E-state index in [4.69, 9.17) is 21.3 Å². The molecule has 1 unspecified atom stereocenters. The predicted octanol–water partition coefficient (Wildman–Crippen LogP) is 4.76. The van der Waals surface area contributed by atoms with E-state index in [1.807, 2.05) is 31.2 Å². The smallest absolute Gasteiger partial charge is 0.339 e. The lowest BCUT2D eigenvalue weighted by Crippen LogP contribution is -2.34. The van der Waals surface area contributed by atoms with Crippen LogP contribution in [0.15, 0.2) is 42.5 Å². The number of hydrogen-bond acceptors (Lipinski definition) is 5. The largest absolute Gasteiger partial charge is 0.449 e. The maximum Gasteiger partial charge on any atom is 0.339 e. The van der Waals surface area contributed by atoms with Gasteiger partial charge in [0.25, 0.3) is 5.91 Å². The number of pyridine rings is 1. The van der Waals surface area contributed by atoms with E-state index in [1.165, 1.54) is 0 Å². The number of amides is 1. The number of benzene rings is 2. The van der Waals surface area contributed by atoms with Crippen molar-refractivity contribution in [2.75, 3.05) is 18.4 Å². The summed E-state index contributed by atoms with van der Waals surface area (Å²) in [5, 5.41) is 4.10. The van der Waals surface area contributed by atoms with Gasteiger partial charge in [-0.15, -0.1) is 0 Å². The molecule has 4 rings (SSSR count). The summed E-state index contributed by atoms with van der Waals surface area (Å²) in [7, 11) is 0. The number of carbonyl (C=O) groups excluding carboxylic acids is 2. The van der Waals surface area contributed by atoms with Gasteiger partial charge in [-0.1, -0.05) is 42.8 Å². The number of fused-ring (bicyclic) bond motifs is 2. The maximum absolute atomic E-state index is 13.3. The summed E-state index contributed by atoms with van der Waals surface area (Å²) in [6, 6.07) is 12.8. The van der Waals surface area contributed by atoms with Crippen molar-refractivity contribution in [2.24, 2.45) is 0 Å². The number of nitrogens with zero attached hydrogens (tertiary/aromatic N) is 2. The fourth-order valence-electron chi connectivity index (χ4n) is 4.00. The van der Waals surface area contributed by atoms with E-state index in [-0.39, 0.29) is 0 Å². The van der Waals surface area contributed by atoms with Gasteiger partial charge in [-0.3, -0.25) is 14.7 Å². The van der Waals surface area contributed by atoms with Gasteiger partial charge in [-0.2, -0.15) is 0 Å². The van der Waals surface area contributed by atoms with Crippen LogP contribution in [-0.2, 0) is 22.5 Å². The zero-order chi connectivity index (χ0) is 22.8. The van der Waals surface area contributed by atoms with Crippen LogP contribution in [-0.4, -0.2) is 41.0 Å². The Morgan fingerprint density at radius 3 is 2.78 bits per heavy atom. The van der Waals surface area contributed by atoms with Crippen LogP contribution >= 0.6 is 11.6 Å². The second kappa shape index (κ2) is 9.27. The number of rotatable bonds is 5. The lowest BCUT2D eigenvalue weighted by atomic mass is 9.95. The molecule has 2 aromatic carbocycles. The number of likely N-dealkylation sites (N-methyl/N-ethyl adjacent to an activating group) is 1.